The van der Waals surface area contributed by atoms with E-state index in [0.717, 1.165) is 5.75 Å². The second-order valence-electron chi connectivity index (χ2n) is 4.02. The number of ether oxygens (including phenoxy) is 1. The Morgan fingerprint density at radius 2 is 2.05 bits per heavy atom. The summed E-state index contributed by atoms with van der Waals surface area (Å²) in [5.41, 5.74) is 5.05. The lowest BCUT2D eigenvalue weighted by Crippen LogP contribution is -2.52. The minimum Gasteiger partial charge on any atom is -0.396 e. The molecule has 0 aliphatic rings. The molecule has 0 heterocycles. The Bertz CT molecular complexity index is 273. The number of nitrogens with one attached hydrogen (secondary N) is 2. The van der Waals surface area contributed by atoms with Crippen LogP contribution in [0.2, 0.25) is 0 Å². The summed E-state index contributed by atoms with van der Waals surface area (Å²) in [7, 11) is 1.52. The van der Waals surface area contributed by atoms with E-state index in [4.69, 9.17) is 15.6 Å². The van der Waals surface area contributed by atoms with Crippen LogP contribution in [0.4, 0.5) is 4.79 Å². The molecule has 0 spiro atoms. The van der Waals surface area contributed by atoms with E-state index in [1.165, 1.54) is 7.11 Å². The standard InChI is InChI=1S/C11H23N3O4S/c1-18-7-8(3-5-15)13-10(16)9(4-6-19-2)14-11(12)17/h8-9,15H,3-7H2,1-2H3,(H,13,16)(H3,12,14,17). The SMILES string of the molecule is COCC(CCO)NC(=O)C(CCSC)NC(N)=O. The Labute approximate surface area is 117 Å². The van der Waals surface area contributed by atoms with E-state index in [9.17, 15) is 9.59 Å². The Hall–Kier alpha value is -0.990. The van der Waals surface area contributed by atoms with E-state index in [0.29, 0.717) is 19.4 Å². The normalized spacial score (nSPS) is 13.6. The van der Waals surface area contributed by atoms with E-state index in [1.54, 1.807) is 11.8 Å². The lowest BCUT2D eigenvalue weighted by atomic mass is 10.1. The molecule has 2 unspecified atom stereocenters. The molecule has 0 aromatic rings. The first-order chi connectivity index (χ1) is 9.04. The number of rotatable bonds is 10. The summed E-state index contributed by atoms with van der Waals surface area (Å²) >= 11 is 1.58. The maximum Gasteiger partial charge on any atom is 0.312 e. The van der Waals surface area contributed by atoms with Crippen molar-refractivity contribution in [3.8, 4) is 0 Å². The Morgan fingerprint density at radius 3 is 2.53 bits per heavy atom. The van der Waals surface area contributed by atoms with Gasteiger partial charge >= 0.3 is 6.03 Å². The van der Waals surface area contributed by atoms with Gasteiger partial charge in [-0.1, -0.05) is 0 Å². The van der Waals surface area contributed by atoms with Gasteiger partial charge in [0.1, 0.15) is 6.04 Å². The average Bonchev–Trinajstić information content (AvgIpc) is 2.34. The maximum atomic E-state index is 12.0. The summed E-state index contributed by atoms with van der Waals surface area (Å²) < 4.78 is 4.96. The molecule has 0 aliphatic carbocycles. The summed E-state index contributed by atoms with van der Waals surface area (Å²) in [6, 6.07) is -1.68. The fourth-order valence-electron chi connectivity index (χ4n) is 1.53. The summed E-state index contributed by atoms with van der Waals surface area (Å²) in [6.45, 7) is 0.255. The highest BCUT2D eigenvalue weighted by atomic mass is 32.2. The van der Waals surface area contributed by atoms with E-state index in [-0.39, 0.29) is 18.6 Å². The lowest BCUT2D eigenvalue weighted by Gasteiger charge is -2.22. The third-order valence-electron chi connectivity index (χ3n) is 2.44. The topological polar surface area (TPSA) is 114 Å². The smallest absolute Gasteiger partial charge is 0.312 e. The number of methoxy groups -OCH3 is 1. The molecule has 112 valence electrons. The number of thioether (sulfide) groups is 1. The van der Waals surface area contributed by atoms with Gasteiger partial charge in [-0.15, -0.1) is 0 Å². The molecule has 0 saturated carbocycles. The average molecular weight is 293 g/mol. The summed E-state index contributed by atoms with van der Waals surface area (Å²) in [5, 5.41) is 14.0. The van der Waals surface area contributed by atoms with Crippen LogP contribution in [-0.2, 0) is 9.53 Å². The first-order valence-corrected chi connectivity index (χ1v) is 7.39. The molecule has 3 amide bonds. The number of aliphatic hydroxyl groups excluding tert-OH is 1. The molecular weight excluding hydrogens is 270 g/mol. The molecule has 0 saturated heterocycles. The number of amides is 3. The van der Waals surface area contributed by atoms with Crippen LogP contribution in [0.1, 0.15) is 12.8 Å². The first-order valence-electron chi connectivity index (χ1n) is 6.00. The molecule has 0 fully saturated rings. The quantitative estimate of drug-likeness (QED) is 0.425. The van der Waals surface area contributed by atoms with Crippen LogP contribution < -0.4 is 16.4 Å². The monoisotopic (exact) mass is 293 g/mol. The van der Waals surface area contributed by atoms with E-state index < -0.39 is 12.1 Å². The van der Waals surface area contributed by atoms with Crippen LogP contribution in [0.25, 0.3) is 0 Å². The van der Waals surface area contributed by atoms with Crippen molar-refractivity contribution in [2.45, 2.75) is 24.9 Å². The van der Waals surface area contributed by atoms with Crippen molar-refractivity contribution in [1.82, 2.24) is 10.6 Å². The highest BCUT2D eigenvalue weighted by molar-refractivity contribution is 7.98. The van der Waals surface area contributed by atoms with Crippen LogP contribution in [0, 0.1) is 0 Å². The van der Waals surface area contributed by atoms with Crippen molar-refractivity contribution in [3.05, 3.63) is 0 Å². The highest BCUT2D eigenvalue weighted by Crippen LogP contribution is 2.02. The number of carbonyl (C=O) groups excluding carboxylic acids is 2. The predicted molar refractivity (Wildman–Crippen MR) is 75.0 cm³/mol. The minimum atomic E-state index is -0.730. The molecule has 0 bridgehead atoms. The molecule has 5 N–H and O–H groups in total. The maximum absolute atomic E-state index is 12.0. The van der Waals surface area contributed by atoms with E-state index in [2.05, 4.69) is 10.6 Å². The van der Waals surface area contributed by atoms with Crippen LogP contribution in [0.15, 0.2) is 0 Å². The molecule has 0 aromatic carbocycles. The Balaban J connectivity index is 4.44. The van der Waals surface area contributed by atoms with Crippen molar-refractivity contribution >= 4 is 23.7 Å². The third kappa shape index (κ3) is 8.68. The van der Waals surface area contributed by atoms with Crippen LogP contribution in [-0.4, -0.2) is 61.5 Å². The summed E-state index contributed by atoms with van der Waals surface area (Å²) in [4.78, 5) is 22.9. The Morgan fingerprint density at radius 1 is 1.37 bits per heavy atom. The molecular formula is C11H23N3O4S. The molecule has 0 aromatic heterocycles. The number of nitrogens with two attached hydrogens (primary N) is 1. The van der Waals surface area contributed by atoms with Gasteiger partial charge in [0.05, 0.1) is 12.6 Å². The molecule has 8 heteroatoms. The van der Waals surface area contributed by atoms with Crippen molar-refractivity contribution in [3.63, 3.8) is 0 Å². The van der Waals surface area contributed by atoms with Gasteiger partial charge in [-0.3, -0.25) is 4.79 Å². The first kappa shape index (κ1) is 18.0. The molecule has 0 radical (unpaired) electrons. The fraction of sp³-hybridized carbons (Fsp3) is 0.818. The van der Waals surface area contributed by atoms with Gasteiger partial charge in [-0.25, -0.2) is 4.79 Å². The predicted octanol–water partition coefficient (Wildman–Crippen LogP) is -0.710. The number of primary amides is 1. The molecule has 2 atom stereocenters. The Kier molecular flexibility index (Phi) is 10.3. The zero-order valence-corrected chi connectivity index (χ0v) is 12.2. The second kappa shape index (κ2) is 10.9. The number of aliphatic hydroxyl groups is 1. The lowest BCUT2D eigenvalue weighted by molar-refractivity contribution is -0.124. The summed E-state index contributed by atoms with van der Waals surface area (Å²) in [5.74, 6) is 0.413. The van der Waals surface area contributed by atoms with Crippen LogP contribution in [0.5, 0.6) is 0 Å². The van der Waals surface area contributed by atoms with Crippen molar-refractivity contribution in [1.29, 1.82) is 0 Å². The zero-order chi connectivity index (χ0) is 14.7. The van der Waals surface area contributed by atoms with Gasteiger partial charge in [-0.2, -0.15) is 11.8 Å². The van der Waals surface area contributed by atoms with Gasteiger partial charge < -0.3 is 26.2 Å². The van der Waals surface area contributed by atoms with Gasteiger partial charge in [0, 0.05) is 13.7 Å². The third-order valence-corrected chi connectivity index (χ3v) is 3.08. The van der Waals surface area contributed by atoms with Crippen molar-refractivity contribution < 1.29 is 19.4 Å². The van der Waals surface area contributed by atoms with Crippen LogP contribution in [0.3, 0.4) is 0 Å². The number of hydrogen-bond donors (Lipinski definition) is 4. The number of carbonyl (C=O) groups is 2. The largest absolute Gasteiger partial charge is 0.396 e. The van der Waals surface area contributed by atoms with E-state index >= 15 is 0 Å². The van der Waals surface area contributed by atoms with Crippen molar-refractivity contribution in [2.24, 2.45) is 5.73 Å². The van der Waals surface area contributed by atoms with Gasteiger partial charge in [-0.05, 0) is 24.9 Å². The van der Waals surface area contributed by atoms with Gasteiger partial charge in [0.2, 0.25) is 5.91 Å². The second-order valence-corrected chi connectivity index (χ2v) is 5.00. The summed E-state index contributed by atoms with van der Waals surface area (Å²) in [6.07, 6.45) is 2.80. The molecule has 0 rings (SSSR count). The fourth-order valence-corrected chi connectivity index (χ4v) is 2.00. The number of urea groups is 1. The molecule has 7 nitrogen and oxygen atoms in total. The minimum absolute atomic E-state index is 0.0486. The van der Waals surface area contributed by atoms with Crippen LogP contribution >= 0.6 is 11.8 Å². The van der Waals surface area contributed by atoms with Gasteiger partial charge in [0.25, 0.3) is 0 Å². The number of hydrogen-bond acceptors (Lipinski definition) is 5. The highest BCUT2D eigenvalue weighted by Gasteiger charge is 2.22. The molecule has 0 aliphatic heterocycles. The van der Waals surface area contributed by atoms with Gasteiger partial charge in [0.15, 0.2) is 0 Å². The zero-order valence-electron chi connectivity index (χ0n) is 11.3. The molecule has 19 heavy (non-hydrogen) atoms. The van der Waals surface area contributed by atoms with E-state index in [1.807, 2.05) is 6.26 Å². The van der Waals surface area contributed by atoms with Crippen molar-refractivity contribution in [2.75, 3.05) is 32.3 Å².